The standard InChI is InChI=1S/C16H26ClN3/c1-3-13(18)12-14-15(17)6-4-7-16(14)20-9-5-8-19(2)10-11-20/h4,6-7,13H,3,5,8-12,18H2,1-2H3. The van der Waals surface area contributed by atoms with Gasteiger partial charge in [0.15, 0.2) is 0 Å². The fourth-order valence-electron chi connectivity index (χ4n) is 2.74. The van der Waals surface area contributed by atoms with Gasteiger partial charge >= 0.3 is 0 Å². The van der Waals surface area contributed by atoms with E-state index in [0.717, 1.165) is 37.5 Å². The van der Waals surface area contributed by atoms with Crippen molar-refractivity contribution in [1.82, 2.24) is 4.90 Å². The molecule has 4 heteroatoms. The van der Waals surface area contributed by atoms with Crippen molar-refractivity contribution in [2.75, 3.05) is 38.1 Å². The van der Waals surface area contributed by atoms with Gasteiger partial charge < -0.3 is 15.5 Å². The Morgan fingerprint density at radius 3 is 2.80 bits per heavy atom. The highest BCUT2D eigenvalue weighted by Gasteiger charge is 2.18. The smallest absolute Gasteiger partial charge is 0.0459 e. The Morgan fingerprint density at radius 1 is 1.25 bits per heavy atom. The zero-order valence-electron chi connectivity index (χ0n) is 12.6. The molecule has 1 atom stereocenters. The van der Waals surface area contributed by atoms with Crippen LogP contribution in [0, 0.1) is 0 Å². The van der Waals surface area contributed by atoms with Gasteiger partial charge in [0.05, 0.1) is 0 Å². The molecule has 1 saturated heterocycles. The molecule has 2 N–H and O–H groups in total. The fraction of sp³-hybridized carbons (Fsp3) is 0.625. The van der Waals surface area contributed by atoms with Gasteiger partial charge in [-0.1, -0.05) is 24.6 Å². The number of benzene rings is 1. The van der Waals surface area contributed by atoms with E-state index in [1.165, 1.54) is 24.2 Å². The quantitative estimate of drug-likeness (QED) is 0.927. The lowest BCUT2D eigenvalue weighted by molar-refractivity contribution is 0.360. The topological polar surface area (TPSA) is 32.5 Å². The summed E-state index contributed by atoms with van der Waals surface area (Å²) in [6.45, 7) is 6.55. The molecule has 0 aromatic heterocycles. The van der Waals surface area contributed by atoms with Crippen LogP contribution in [0.1, 0.15) is 25.3 Å². The van der Waals surface area contributed by atoms with Crippen molar-refractivity contribution >= 4 is 17.3 Å². The average Bonchev–Trinajstić information content (AvgIpc) is 2.65. The summed E-state index contributed by atoms with van der Waals surface area (Å²) >= 11 is 6.43. The Balaban J connectivity index is 2.23. The van der Waals surface area contributed by atoms with Gasteiger partial charge in [-0.25, -0.2) is 0 Å². The molecule has 112 valence electrons. The van der Waals surface area contributed by atoms with Gasteiger partial charge in [-0.15, -0.1) is 0 Å². The van der Waals surface area contributed by atoms with E-state index in [0.29, 0.717) is 0 Å². The third kappa shape index (κ3) is 3.87. The van der Waals surface area contributed by atoms with Crippen LogP contribution in [0.25, 0.3) is 0 Å². The second-order valence-corrected chi connectivity index (χ2v) is 6.16. The third-order valence-corrected chi connectivity index (χ3v) is 4.50. The molecule has 1 aromatic rings. The molecule has 0 saturated carbocycles. The molecule has 2 rings (SSSR count). The summed E-state index contributed by atoms with van der Waals surface area (Å²) in [5.74, 6) is 0. The van der Waals surface area contributed by atoms with Crippen molar-refractivity contribution in [1.29, 1.82) is 0 Å². The molecule has 0 spiro atoms. The molecule has 20 heavy (non-hydrogen) atoms. The molecule has 0 aliphatic carbocycles. The van der Waals surface area contributed by atoms with E-state index in [4.69, 9.17) is 17.3 Å². The van der Waals surface area contributed by atoms with Gasteiger partial charge in [-0.05, 0) is 50.6 Å². The van der Waals surface area contributed by atoms with Crippen LogP contribution in [0.2, 0.25) is 5.02 Å². The maximum absolute atomic E-state index is 6.43. The number of hydrogen-bond donors (Lipinski definition) is 1. The van der Waals surface area contributed by atoms with Crippen molar-refractivity contribution in [3.63, 3.8) is 0 Å². The Hall–Kier alpha value is -0.770. The van der Waals surface area contributed by atoms with Gasteiger partial charge in [0.25, 0.3) is 0 Å². The summed E-state index contributed by atoms with van der Waals surface area (Å²) in [4.78, 5) is 4.86. The molecule has 1 aliphatic rings. The minimum Gasteiger partial charge on any atom is -0.370 e. The molecular formula is C16H26ClN3. The maximum Gasteiger partial charge on any atom is 0.0459 e. The van der Waals surface area contributed by atoms with E-state index in [9.17, 15) is 0 Å². The van der Waals surface area contributed by atoms with Crippen LogP contribution in [-0.2, 0) is 6.42 Å². The minimum atomic E-state index is 0.184. The van der Waals surface area contributed by atoms with Crippen molar-refractivity contribution in [3.8, 4) is 0 Å². The summed E-state index contributed by atoms with van der Waals surface area (Å²) < 4.78 is 0. The number of nitrogens with zero attached hydrogens (tertiary/aromatic N) is 2. The van der Waals surface area contributed by atoms with Crippen LogP contribution < -0.4 is 10.6 Å². The van der Waals surface area contributed by atoms with Crippen molar-refractivity contribution in [2.24, 2.45) is 5.73 Å². The van der Waals surface area contributed by atoms with Crippen LogP contribution in [0.4, 0.5) is 5.69 Å². The first-order valence-electron chi connectivity index (χ1n) is 7.58. The van der Waals surface area contributed by atoms with Crippen molar-refractivity contribution < 1.29 is 0 Å². The SMILES string of the molecule is CCC(N)Cc1c(Cl)cccc1N1CCCN(C)CC1. The zero-order chi connectivity index (χ0) is 14.5. The Morgan fingerprint density at radius 2 is 2.05 bits per heavy atom. The van der Waals surface area contributed by atoms with Gasteiger partial charge in [0, 0.05) is 36.4 Å². The number of nitrogens with two attached hydrogens (primary N) is 1. The summed E-state index contributed by atoms with van der Waals surface area (Å²) in [5, 5.41) is 0.851. The van der Waals surface area contributed by atoms with E-state index in [1.54, 1.807) is 0 Å². The average molecular weight is 296 g/mol. The summed E-state index contributed by atoms with van der Waals surface area (Å²) in [5.41, 5.74) is 8.63. The van der Waals surface area contributed by atoms with Gasteiger partial charge in [-0.2, -0.15) is 0 Å². The monoisotopic (exact) mass is 295 g/mol. The van der Waals surface area contributed by atoms with E-state index in [2.05, 4.69) is 29.8 Å². The first kappa shape index (κ1) is 15.6. The Kier molecular flexibility index (Phi) is 5.70. The van der Waals surface area contributed by atoms with Gasteiger partial charge in [0.1, 0.15) is 0 Å². The molecule has 1 fully saturated rings. The Bertz CT molecular complexity index is 436. The molecule has 0 radical (unpaired) electrons. The molecule has 1 unspecified atom stereocenters. The lowest BCUT2D eigenvalue weighted by Crippen LogP contribution is -2.30. The molecule has 0 amide bonds. The van der Waals surface area contributed by atoms with E-state index in [1.807, 2.05) is 12.1 Å². The van der Waals surface area contributed by atoms with Crippen LogP contribution in [0.5, 0.6) is 0 Å². The lowest BCUT2D eigenvalue weighted by Gasteiger charge is -2.27. The van der Waals surface area contributed by atoms with E-state index < -0.39 is 0 Å². The number of likely N-dealkylation sites (N-methyl/N-ethyl adjacent to an activating group) is 1. The van der Waals surface area contributed by atoms with Crippen molar-refractivity contribution in [2.45, 2.75) is 32.2 Å². The molecular weight excluding hydrogens is 270 g/mol. The predicted molar refractivity (Wildman–Crippen MR) is 87.7 cm³/mol. The summed E-state index contributed by atoms with van der Waals surface area (Å²) in [6, 6.07) is 6.40. The summed E-state index contributed by atoms with van der Waals surface area (Å²) in [7, 11) is 2.19. The minimum absolute atomic E-state index is 0.184. The molecule has 3 nitrogen and oxygen atoms in total. The van der Waals surface area contributed by atoms with Crippen molar-refractivity contribution in [3.05, 3.63) is 28.8 Å². The molecule has 1 aliphatic heterocycles. The lowest BCUT2D eigenvalue weighted by atomic mass is 10.0. The number of hydrogen-bond acceptors (Lipinski definition) is 3. The van der Waals surface area contributed by atoms with Crippen LogP contribution >= 0.6 is 11.6 Å². The Labute approximate surface area is 127 Å². The molecule has 1 aromatic carbocycles. The molecule has 0 bridgehead atoms. The van der Waals surface area contributed by atoms with E-state index >= 15 is 0 Å². The highest BCUT2D eigenvalue weighted by Crippen LogP contribution is 2.29. The van der Waals surface area contributed by atoms with Gasteiger partial charge in [0.2, 0.25) is 0 Å². The zero-order valence-corrected chi connectivity index (χ0v) is 13.4. The summed E-state index contributed by atoms with van der Waals surface area (Å²) in [6.07, 6.45) is 3.04. The normalized spacial score (nSPS) is 18.9. The second-order valence-electron chi connectivity index (χ2n) is 5.75. The predicted octanol–water partition coefficient (Wildman–Crippen LogP) is 2.76. The highest BCUT2D eigenvalue weighted by molar-refractivity contribution is 6.31. The second kappa shape index (κ2) is 7.30. The number of anilines is 1. The highest BCUT2D eigenvalue weighted by atomic mass is 35.5. The van der Waals surface area contributed by atoms with Crippen LogP contribution in [-0.4, -0.2) is 44.2 Å². The van der Waals surface area contributed by atoms with Gasteiger partial charge in [-0.3, -0.25) is 0 Å². The van der Waals surface area contributed by atoms with Crippen LogP contribution in [0.15, 0.2) is 18.2 Å². The number of halogens is 1. The number of rotatable bonds is 4. The first-order valence-corrected chi connectivity index (χ1v) is 7.96. The maximum atomic E-state index is 6.43. The van der Waals surface area contributed by atoms with E-state index in [-0.39, 0.29) is 6.04 Å². The largest absolute Gasteiger partial charge is 0.370 e. The van der Waals surface area contributed by atoms with Crippen LogP contribution in [0.3, 0.4) is 0 Å². The third-order valence-electron chi connectivity index (χ3n) is 4.15. The fourth-order valence-corrected chi connectivity index (χ4v) is 2.99. The first-order chi connectivity index (χ1) is 9.61. The molecule has 1 heterocycles.